The van der Waals surface area contributed by atoms with E-state index in [0.717, 1.165) is 0 Å². The van der Waals surface area contributed by atoms with Gasteiger partial charge in [0.25, 0.3) is 0 Å². The van der Waals surface area contributed by atoms with E-state index in [9.17, 15) is 9.18 Å². The molecule has 0 radical (unpaired) electrons. The second kappa shape index (κ2) is 3.93. The second-order valence-corrected chi connectivity index (χ2v) is 5.01. The van der Waals surface area contributed by atoms with Crippen LogP contribution in [-0.2, 0) is 4.79 Å². The predicted octanol–water partition coefficient (Wildman–Crippen LogP) is 2.63. The number of anilines is 1. The Balaban J connectivity index is 2.38. The maximum Gasteiger partial charge on any atom is 0.228 e. The van der Waals surface area contributed by atoms with E-state index in [1.807, 2.05) is 0 Å². The fourth-order valence-corrected chi connectivity index (χ4v) is 2.30. The third-order valence-electron chi connectivity index (χ3n) is 2.54. The van der Waals surface area contributed by atoms with E-state index < -0.39 is 0 Å². The van der Waals surface area contributed by atoms with E-state index >= 15 is 0 Å². The van der Waals surface area contributed by atoms with E-state index in [-0.39, 0.29) is 16.6 Å². The molecule has 1 aromatic carbocycles. The number of hydrogen-bond donors (Lipinski definition) is 0. The van der Waals surface area contributed by atoms with Crippen LogP contribution in [0.1, 0.15) is 12.0 Å². The van der Waals surface area contributed by atoms with Gasteiger partial charge in [-0.05, 0) is 18.6 Å². The van der Waals surface area contributed by atoms with Gasteiger partial charge in [0.2, 0.25) is 5.91 Å². The molecule has 1 atom stereocenters. The number of rotatable bonds is 1. The molecule has 4 heteroatoms. The molecule has 1 unspecified atom stereocenters. The highest BCUT2D eigenvalue weighted by Crippen LogP contribution is 2.28. The molecule has 1 fully saturated rings. The van der Waals surface area contributed by atoms with Crippen molar-refractivity contribution < 1.29 is 9.18 Å². The Bertz CT molecular complexity index is 408. The van der Waals surface area contributed by atoms with Gasteiger partial charge in [0.05, 0.1) is 5.69 Å². The first-order valence-corrected chi connectivity index (χ1v) is 5.70. The molecule has 80 valence electrons. The first-order valence-electron chi connectivity index (χ1n) is 4.79. The Kier molecular flexibility index (Phi) is 2.78. The molecule has 0 saturated carbocycles. The summed E-state index contributed by atoms with van der Waals surface area (Å²) < 4.78 is 13.7. The average molecular weight is 272 g/mol. The largest absolute Gasteiger partial charge is 0.308 e. The summed E-state index contributed by atoms with van der Waals surface area (Å²) in [5.74, 6) is -0.325. The standard InChI is InChI=1S/C11H11BrFNO/c1-7-3-2-4-9(11(7)13)14-6-8(12)5-10(14)15/h2-4,8H,5-6H2,1H3. The highest BCUT2D eigenvalue weighted by molar-refractivity contribution is 9.09. The van der Waals surface area contributed by atoms with Crippen LogP contribution in [0.5, 0.6) is 0 Å². The van der Waals surface area contributed by atoms with Gasteiger partial charge >= 0.3 is 0 Å². The summed E-state index contributed by atoms with van der Waals surface area (Å²) in [6.07, 6.45) is 0.438. The number of carbonyl (C=O) groups excluding carboxylic acids is 1. The summed E-state index contributed by atoms with van der Waals surface area (Å²) >= 11 is 3.37. The molecule has 2 nitrogen and oxygen atoms in total. The summed E-state index contributed by atoms with van der Waals surface area (Å²) in [7, 11) is 0. The minimum atomic E-state index is -0.299. The summed E-state index contributed by atoms with van der Waals surface area (Å²) in [5.41, 5.74) is 0.959. The van der Waals surface area contributed by atoms with Gasteiger partial charge in [-0.1, -0.05) is 28.1 Å². The van der Waals surface area contributed by atoms with Crippen molar-refractivity contribution in [2.45, 2.75) is 18.2 Å². The normalized spacial score (nSPS) is 21.1. The van der Waals surface area contributed by atoms with Crippen molar-refractivity contribution in [2.75, 3.05) is 11.4 Å². The topological polar surface area (TPSA) is 20.3 Å². The fourth-order valence-electron chi connectivity index (χ4n) is 1.74. The number of hydrogen-bond acceptors (Lipinski definition) is 1. The van der Waals surface area contributed by atoms with E-state index in [1.54, 1.807) is 25.1 Å². The molecule has 1 aliphatic heterocycles. The van der Waals surface area contributed by atoms with Gasteiger partial charge in [0.15, 0.2) is 0 Å². The first-order chi connectivity index (χ1) is 7.09. The zero-order chi connectivity index (χ0) is 11.0. The number of aryl methyl sites for hydroxylation is 1. The van der Waals surface area contributed by atoms with E-state index in [1.165, 1.54) is 4.90 Å². The van der Waals surface area contributed by atoms with Crippen molar-refractivity contribution in [1.29, 1.82) is 0 Å². The summed E-state index contributed by atoms with van der Waals surface area (Å²) in [6.45, 7) is 2.24. The first kappa shape index (κ1) is 10.6. The quantitative estimate of drug-likeness (QED) is 0.720. The van der Waals surface area contributed by atoms with Gasteiger partial charge in [-0.25, -0.2) is 4.39 Å². The van der Waals surface area contributed by atoms with Crippen molar-refractivity contribution >= 4 is 27.5 Å². The molecule has 0 aliphatic carbocycles. The Morgan fingerprint density at radius 1 is 1.53 bits per heavy atom. The molecule has 1 aromatic rings. The lowest BCUT2D eigenvalue weighted by molar-refractivity contribution is -0.117. The van der Waals surface area contributed by atoms with Crippen LogP contribution in [0.25, 0.3) is 0 Å². The molecule has 0 aromatic heterocycles. The maximum atomic E-state index is 13.7. The van der Waals surface area contributed by atoms with Crippen molar-refractivity contribution in [3.05, 3.63) is 29.6 Å². The molecule has 0 N–H and O–H groups in total. The molecular formula is C11H11BrFNO. The molecule has 1 aliphatic rings. The molecular weight excluding hydrogens is 261 g/mol. The molecule has 2 rings (SSSR count). The Morgan fingerprint density at radius 2 is 2.27 bits per heavy atom. The summed E-state index contributed by atoms with van der Waals surface area (Å²) in [4.78, 5) is 13.2. The molecule has 1 heterocycles. The molecule has 0 spiro atoms. The average Bonchev–Trinajstić information content (AvgIpc) is 2.50. The van der Waals surface area contributed by atoms with Crippen LogP contribution in [0.4, 0.5) is 10.1 Å². The monoisotopic (exact) mass is 271 g/mol. The third-order valence-corrected chi connectivity index (χ3v) is 3.15. The van der Waals surface area contributed by atoms with Crippen LogP contribution >= 0.6 is 15.9 Å². The van der Waals surface area contributed by atoms with Gasteiger partial charge in [-0.3, -0.25) is 4.79 Å². The molecule has 1 saturated heterocycles. The highest BCUT2D eigenvalue weighted by atomic mass is 79.9. The lowest BCUT2D eigenvalue weighted by Gasteiger charge is -2.17. The predicted molar refractivity (Wildman–Crippen MR) is 60.8 cm³/mol. The molecule has 1 amide bonds. The van der Waals surface area contributed by atoms with E-state index in [2.05, 4.69) is 15.9 Å². The number of carbonyl (C=O) groups is 1. The molecule has 15 heavy (non-hydrogen) atoms. The van der Waals surface area contributed by atoms with Crippen LogP contribution in [0.15, 0.2) is 18.2 Å². The zero-order valence-corrected chi connectivity index (χ0v) is 9.92. The SMILES string of the molecule is Cc1cccc(N2CC(Br)CC2=O)c1F. The maximum absolute atomic E-state index is 13.7. The summed E-state index contributed by atoms with van der Waals surface area (Å²) in [6, 6.07) is 5.11. The smallest absolute Gasteiger partial charge is 0.228 e. The van der Waals surface area contributed by atoms with E-state index in [4.69, 9.17) is 0 Å². The number of amides is 1. The van der Waals surface area contributed by atoms with Crippen molar-refractivity contribution in [3.8, 4) is 0 Å². The van der Waals surface area contributed by atoms with Gasteiger partial charge in [-0.15, -0.1) is 0 Å². The van der Waals surface area contributed by atoms with Crippen LogP contribution in [0.3, 0.4) is 0 Å². The molecule has 0 bridgehead atoms. The minimum Gasteiger partial charge on any atom is -0.308 e. The van der Waals surface area contributed by atoms with Gasteiger partial charge < -0.3 is 4.90 Å². The fraction of sp³-hybridized carbons (Fsp3) is 0.364. The number of halogens is 2. The van der Waals surface area contributed by atoms with Crippen LogP contribution in [0, 0.1) is 12.7 Å². The Hall–Kier alpha value is -0.900. The lowest BCUT2D eigenvalue weighted by Crippen LogP contribution is -2.25. The van der Waals surface area contributed by atoms with Crippen LogP contribution in [-0.4, -0.2) is 17.3 Å². The van der Waals surface area contributed by atoms with Crippen molar-refractivity contribution in [1.82, 2.24) is 0 Å². The summed E-state index contributed by atoms with van der Waals surface area (Å²) in [5, 5.41) is 0. The number of alkyl halides is 1. The Labute approximate surface area is 96.2 Å². The lowest BCUT2D eigenvalue weighted by atomic mass is 10.2. The van der Waals surface area contributed by atoms with Gasteiger partial charge in [0.1, 0.15) is 5.82 Å². The number of benzene rings is 1. The third kappa shape index (κ3) is 1.91. The minimum absolute atomic E-state index is 0.0265. The van der Waals surface area contributed by atoms with Crippen molar-refractivity contribution in [2.24, 2.45) is 0 Å². The van der Waals surface area contributed by atoms with Crippen LogP contribution < -0.4 is 4.90 Å². The number of nitrogens with zero attached hydrogens (tertiary/aromatic N) is 1. The van der Waals surface area contributed by atoms with Gasteiger partial charge in [0, 0.05) is 17.8 Å². The highest BCUT2D eigenvalue weighted by Gasteiger charge is 2.30. The van der Waals surface area contributed by atoms with E-state index in [0.29, 0.717) is 24.2 Å². The van der Waals surface area contributed by atoms with Crippen molar-refractivity contribution in [3.63, 3.8) is 0 Å². The Morgan fingerprint density at radius 3 is 2.87 bits per heavy atom. The van der Waals surface area contributed by atoms with Gasteiger partial charge in [-0.2, -0.15) is 0 Å². The zero-order valence-electron chi connectivity index (χ0n) is 8.34. The van der Waals surface area contributed by atoms with Crippen LogP contribution in [0.2, 0.25) is 0 Å². The second-order valence-electron chi connectivity index (χ2n) is 3.71.